The molecule has 5 rings (SSSR count). The Balaban J connectivity index is 1.41. The number of hydrogen-bond donors (Lipinski definition) is 3. The van der Waals surface area contributed by atoms with Crippen LogP contribution in [0.15, 0.2) is 42.9 Å². The Morgan fingerprint density at radius 3 is 2.84 bits per heavy atom. The molecule has 1 aliphatic heterocycles. The van der Waals surface area contributed by atoms with Gasteiger partial charge in [-0.25, -0.2) is 9.97 Å². The standard InChI is InChI=1S/C23H25N7O/c1-23(2,3)22(31)30-8-6-14(7-9-30)19-11-17-20(24-13-25-21(17)28-19)27-16-4-5-18-15(10-16)12-26-29-18/h4-6,10-13H,7-9H2,1-3H3,(H,26,29)(H2,24,25,27,28). The van der Waals surface area contributed by atoms with Gasteiger partial charge in [0.05, 0.1) is 17.1 Å². The Kier molecular flexibility index (Phi) is 4.50. The zero-order valence-corrected chi connectivity index (χ0v) is 17.9. The molecule has 1 aromatic carbocycles. The minimum absolute atomic E-state index is 0.186. The smallest absolute Gasteiger partial charge is 0.228 e. The Labute approximate surface area is 179 Å². The quantitative estimate of drug-likeness (QED) is 0.464. The third-order valence-electron chi connectivity index (χ3n) is 5.61. The Morgan fingerprint density at radius 2 is 2.06 bits per heavy atom. The van der Waals surface area contributed by atoms with E-state index in [2.05, 4.69) is 42.6 Å². The molecule has 0 radical (unpaired) electrons. The number of aromatic nitrogens is 5. The topological polar surface area (TPSA) is 103 Å². The molecule has 0 spiro atoms. The second kappa shape index (κ2) is 7.23. The van der Waals surface area contributed by atoms with E-state index in [1.165, 1.54) is 5.57 Å². The normalized spacial score (nSPS) is 14.8. The zero-order chi connectivity index (χ0) is 21.6. The Bertz CT molecular complexity index is 1310. The summed E-state index contributed by atoms with van der Waals surface area (Å²) in [7, 11) is 0. The van der Waals surface area contributed by atoms with Gasteiger partial charge in [0.1, 0.15) is 17.8 Å². The molecule has 0 atom stereocenters. The van der Waals surface area contributed by atoms with Crippen molar-refractivity contribution in [2.75, 3.05) is 18.4 Å². The van der Waals surface area contributed by atoms with Crippen molar-refractivity contribution in [2.24, 2.45) is 5.41 Å². The van der Waals surface area contributed by atoms with Crippen LogP contribution in [0.2, 0.25) is 0 Å². The number of carbonyl (C=O) groups excluding carboxylic acids is 1. The summed E-state index contributed by atoms with van der Waals surface area (Å²) in [6.07, 6.45) is 6.29. The van der Waals surface area contributed by atoms with Gasteiger partial charge >= 0.3 is 0 Å². The van der Waals surface area contributed by atoms with E-state index < -0.39 is 0 Å². The van der Waals surface area contributed by atoms with Gasteiger partial charge in [-0.15, -0.1) is 0 Å². The molecule has 0 bridgehead atoms. The van der Waals surface area contributed by atoms with Crippen molar-refractivity contribution in [1.82, 2.24) is 30.0 Å². The fourth-order valence-electron chi connectivity index (χ4n) is 3.94. The lowest BCUT2D eigenvalue weighted by molar-refractivity contribution is -0.139. The van der Waals surface area contributed by atoms with Gasteiger partial charge in [0.25, 0.3) is 0 Å². The number of rotatable bonds is 3. The molecular formula is C23H25N7O. The van der Waals surface area contributed by atoms with Gasteiger partial charge in [0.15, 0.2) is 0 Å². The van der Waals surface area contributed by atoms with Crippen molar-refractivity contribution in [3.05, 3.63) is 48.6 Å². The molecule has 8 nitrogen and oxygen atoms in total. The lowest BCUT2D eigenvalue weighted by atomic mass is 9.93. The highest BCUT2D eigenvalue weighted by atomic mass is 16.2. The molecule has 0 fully saturated rings. The maximum absolute atomic E-state index is 12.5. The second-order valence-electron chi connectivity index (χ2n) is 8.95. The first-order valence-electron chi connectivity index (χ1n) is 10.4. The van der Waals surface area contributed by atoms with Crippen LogP contribution in [0.1, 0.15) is 32.9 Å². The number of aromatic amines is 2. The first kappa shape index (κ1) is 19.3. The predicted octanol–water partition coefficient (Wildman–Crippen LogP) is 4.24. The summed E-state index contributed by atoms with van der Waals surface area (Å²) < 4.78 is 0. The molecule has 158 valence electrons. The fourth-order valence-corrected chi connectivity index (χ4v) is 3.94. The van der Waals surface area contributed by atoms with Crippen LogP contribution < -0.4 is 5.32 Å². The fraction of sp³-hybridized carbons (Fsp3) is 0.304. The van der Waals surface area contributed by atoms with Gasteiger partial charge in [-0.2, -0.15) is 5.10 Å². The number of fused-ring (bicyclic) bond motifs is 2. The lowest BCUT2D eigenvalue weighted by Gasteiger charge is -2.31. The first-order valence-corrected chi connectivity index (χ1v) is 10.4. The molecule has 31 heavy (non-hydrogen) atoms. The number of benzene rings is 1. The van der Waals surface area contributed by atoms with E-state index >= 15 is 0 Å². The Morgan fingerprint density at radius 1 is 1.19 bits per heavy atom. The van der Waals surface area contributed by atoms with Crippen LogP contribution in [0.4, 0.5) is 11.5 Å². The van der Waals surface area contributed by atoms with Crippen molar-refractivity contribution < 1.29 is 4.79 Å². The zero-order valence-electron chi connectivity index (χ0n) is 17.9. The third-order valence-corrected chi connectivity index (χ3v) is 5.61. The van der Waals surface area contributed by atoms with Crippen molar-refractivity contribution >= 4 is 44.9 Å². The van der Waals surface area contributed by atoms with Crippen LogP contribution in [-0.2, 0) is 4.79 Å². The molecule has 0 saturated carbocycles. The molecule has 0 aliphatic carbocycles. The Hall–Kier alpha value is -3.68. The molecular weight excluding hydrogens is 390 g/mol. The minimum atomic E-state index is -0.359. The molecule has 3 aromatic heterocycles. The van der Waals surface area contributed by atoms with Crippen molar-refractivity contribution in [3.63, 3.8) is 0 Å². The second-order valence-corrected chi connectivity index (χ2v) is 8.95. The van der Waals surface area contributed by atoms with E-state index in [1.54, 1.807) is 12.5 Å². The number of carbonyl (C=O) groups is 1. The monoisotopic (exact) mass is 415 g/mol. The summed E-state index contributed by atoms with van der Waals surface area (Å²) >= 11 is 0. The number of hydrogen-bond acceptors (Lipinski definition) is 5. The van der Waals surface area contributed by atoms with E-state index in [0.29, 0.717) is 6.54 Å². The highest BCUT2D eigenvalue weighted by Gasteiger charge is 2.28. The van der Waals surface area contributed by atoms with Crippen molar-refractivity contribution in [1.29, 1.82) is 0 Å². The average Bonchev–Trinajstić information content (AvgIpc) is 3.40. The predicted molar refractivity (Wildman–Crippen MR) is 122 cm³/mol. The van der Waals surface area contributed by atoms with Gasteiger partial charge in [0.2, 0.25) is 5.91 Å². The molecule has 8 heteroatoms. The average molecular weight is 416 g/mol. The third kappa shape index (κ3) is 3.65. The summed E-state index contributed by atoms with van der Waals surface area (Å²) in [5.74, 6) is 0.933. The molecule has 0 saturated heterocycles. The molecule has 1 aliphatic rings. The number of anilines is 2. The van der Waals surface area contributed by atoms with Crippen LogP contribution in [0, 0.1) is 5.41 Å². The van der Waals surface area contributed by atoms with Crippen LogP contribution in [0.3, 0.4) is 0 Å². The van der Waals surface area contributed by atoms with Gasteiger partial charge < -0.3 is 15.2 Å². The number of nitrogens with zero attached hydrogens (tertiary/aromatic N) is 4. The molecule has 4 aromatic rings. The lowest BCUT2D eigenvalue weighted by Crippen LogP contribution is -2.41. The molecule has 1 amide bonds. The van der Waals surface area contributed by atoms with Crippen LogP contribution in [-0.4, -0.2) is 49.0 Å². The molecule has 3 N–H and O–H groups in total. The van der Waals surface area contributed by atoms with Gasteiger partial charge in [0, 0.05) is 35.3 Å². The molecule has 0 unspecified atom stereocenters. The summed E-state index contributed by atoms with van der Waals surface area (Å²) in [5.41, 5.74) is 4.57. The highest BCUT2D eigenvalue weighted by Crippen LogP contribution is 2.30. The van der Waals surface area contributed by atoms with E-state index in [1.807, 2.05) is 43.9 Å². The van der Waals surface area contributed by atoms with Gasteiger partial charge in [-0.1, -0.05) is 26.8 Å². The summed E-state index contributed by atoms with van der Waals surface area (Å²) in [6.45, 7) is 7.23. The van der Waals surface area contributed by atoms with Crippen molar-refractivity contribution in [3.8, 4) is 0 Å². The first-order chi connectivity index (χ1) is 14.9. The summed E-state index contributed by atoms with van der Waals surface area (Å²) in [5, 5.41) is 12.4. The maximum Gasteiger partial charge on any atom is 0.228 e. The molecule has 4 heterocycles. The SMILES string of the molecule is CC(C)(C)C(=O)N1CC=C(c2cc3c(Nc4ccc5[nH]ncc5c4)ncnc3[nH]2)CC1. The summed E-state index contributed by atoms with van der Waals surface area (Å²) in [4.78, 5) is 26.7. The van der Waals surface area contributed by atoms with E-state index in [0.717, 1.165) is 52.1 Å². The highest BCUT2D eigenvalue weighted by molar-refractivity contribution is 5.93. The van der Waals surface area contributed by atoms with E-state index in [-0.39, 0.29) is 11.3 Å². The van der Waals surface area contributed by atoms with Crippen LogP contribution in [0.25, 0.3) is 27.5 Å². The number of H-pyrrole nitrogens is 2. The largest absolute Gasteiger partial charge is 0.340 e. The summed E-state index contributed by atoms with van der Waals surface area (Å²) in [6, 6.07) is 8.10. The van der Waals surface area contributed by atoms with Crippen molar-refractivity contribution in [2.45, 2.75) is 27.2 Å². The number of nitrogens with one attached hydrogen (secondary N) is 3. The van der Waals surface area contributed by atoms with E-state index in [4.69, 9.17) is 0 Å². The minimum Gasteiger partial charge on any atom is -0.340 e. The van der Waals surface area contributed by atoms with Gasteiger partial charge in [-0.05, 0) is 36.3 Å². The van der Waals surface area contributed by atoms with E-state index in [9.17, 15) is 4.79 Å². The van der Waals surface area contributed by atoms with Gasteiger partial charge in [-0.3, -0.25) is 9.89 Å². The van der Waals surface area contributed by atoms with Crippen LogP contribution in [0.5, 0.6) is 0 Å². The maximum atomic E-state index is 12.5. The number of amides is 1. The van der Waals surface area contributed by atoms with Crippen LogP contribution >= 0.6 is 0 Å².